The monoisotopic (exact) mass is 312 g/mol. The summed E-state index contributed by atoms with van der Waals surface area (Å²) in [6.07, 6.45) is 4.51. The Labute approximate surface area is 132 Å². The van der Waals surface area contributed by atoms with Crippen molar-refractivity contribution in [2.45, 2.75) is 51.1 Å². The highest BCUT2D eigenvalue weighted by Crippen LogP contribution is 2.27. The molecule has 0 aliphatic carbocycles. The van der Waals surface area contributed by atoms with Gasteiger partial charge in [-0.1, -0.05) is 24.1 Å². The van der Waals surface area contributed by atoms with E-state index >= 15 is 0 Å². The number of hydrogen-bond acceptors (Lipinski definition) is 2. The molecule has 1 aliphatic heterocycles. The third-order valence-electron chi connectivity index (χ3n) is 4.81. The molecular weight excluding hydrogens is 287 g/mol. The Hall–Kier alpha value is -0.640. The number of rotatable bonds is 5. The molecule has 1 fully saturated rings. The van der Waals surface area contributed by atoms with Crippen LogP contribution in [0.5, 0.6) is 0 Å². The summed E-state index contributed by atoms with van der Waals surface area (Å²) >= 11 is 5.84. The van der Waals surface area contributed by atoms with Crippen LogP contribution in [-0.4, -0.2) is 36.6 Å². The van der Waals surface area contributed by atoms with Crippen molar-refractivity contribution in [1.82, 2.24) is 10.2 Å². The Balaban J connectivity index is 2.14. The maximum absolute atomic E-state index is 14.1. The van der Waals surface area contributed by atoms with E-state index in [1.54, 1.807) is 12.1 Å². The van der Waals surface area contributed by atoms with E-state index in [4.69, 9.17) is 11.6 Å². The van der Waals surface area contributed by atoms with Crippen LogP contribution in [0, 0.1) is 5.82 Å². The average Bonchev–Trinajstić information content (AvgIpc) is 2.47. The first-order valence-electron chi connectivity index (χ1n) is 7.81. The molecule has 0 saturated carbocycles. The van der Waals surface area contributed by atoms with Crippen LogP contribution in [0.3, 0.4) is 0 Å². The summed E-state index contributed by atoms with van der Waals surface area (Å²) < 4.78 is 14.1. The van der Waals surface area contributed by atoms with Crippen LogP contribution in [0.1, 0.15) is 38.7 Å². The van der Waals surface area contributed by atoms with E-state index < -0.39 is 0 Å². The van der Waals surface area contributed by atoms with Crippen molar-refractivity contribution >= 4 is 11.6 Å². The lowest BCUT2D eigenvalue weighted by molar-refractivity contribution is 0.0633. The molecule has 2 nitrogen and oxygen atoms in total. The zero-order valence-electron chi connectivity index (χ0n) is 13.3. The number of hydrogen-bond donors (Lipinski definition) is 1. The lowest BCUT2D eigenvalue weighted by Gasteiger charge is -2.46. The topological polar surface area (TPSA) is 15.3 Å². The molecule has 0 amide bonds. The normalized spacial score (nSPS) is 18.7. The van der Waals surface area contributed by atoms with E-state index in [9.17, 15) is 4.39 Å². The molecule has 1 unspecified atom stereocenters. The Bertz CT molecular complexity index is 470. The second-order valence-corrected chi connectivity index (χ2v) is 6.92. The molecule has 1 aliphatic rings. The number of halogens is 2. The minimum Gasteiger partial charge on any atom is -0.315 e. The molecule has 1 atom stereocenters. The first-order chi connectivity index (χ1) is 9.95. The SMILES string of the molecule is CNC(Cc1ccc(Cl)cc1F)C(C)(C)N1CCCCC1. The van der Waals surface area contributed by atoms with Crippen molar-refractivity contribution in [3.8, 4) is 0 Å². The van der Waals surface area contributed by atoms with Gasteiger partial charge in [0, 0.05) is 16.6 Å². The maximum Gasteiger partial charge on any atom is 0.127 e. The standard InChI is InChI=1S/C17H26ClFN2/c1-17(2,21-9-5-4-6-10-21)16(20-3)11-13-7-8-14(18)12-15(13)19/h7-8,12,16,20H,4-6,9-11H2,1-3H3. The Morgan fingerprint density at radius 1 is 1.29 bits per heavy atom. The van der Waals surface area contributed by atoms with E-state index in [-0.39, 0.29) is 17.4 Å². The zero-order valence-corrected chi connectivity index (χ0v) is 14.0. The fourth-order valence-electron chi connectivity index (χ4n) is 3.30. The van der Waals surface area contributed by atoms with E-state index in [0.717, 1.165) is 18.7 Å². The van der Waals surface area contributed by atoms with Crippen LogP contribution in [-0.2, 0) is 6.42 Å². The summed E-state index contributed by atoms with van der Waals surface area (Å²) in [6, 6.07) is 5.16. The fraction of sp³-hybridized carbons (Fsp3) is 0.647. The number of nitrogens with one attached hydrogen (secondary N) is 1. The summed E-state index contributed by atoms with van der Waals surface area (Å²) in [5.41, 5.74) is 0.727. The van der Waals surface area contributed by atoms with Gasteiger partial charge in [-0.15, -0.1) is 0 Å². The molecule has 118 valence electrons. The van der Waals surface area contributed by atoms with Crippen molar-refractivity contribution in [2.75, 3.05) is 20.1 Å². The molecule has 21 heavy (non-hydrogen) atoms. The van der Waals surface area contributed by atoms with Gasteiger partial charge in [0.2, 0.25) is 0 Å². The lowest BCUT2D eigenvalue weighted by atomic mass is 9.86. The molecule has 0 bridgehead atoms. The Morgan fingerprint density at radius 3 is 2.52 bits per heavy atom. The molecule has 2 rings (SSSR count). The number of piperidine rings is 1. The molecule has 1 N–H and O–H groups in total. The Morgan fingerprint density at radius 2 is 1.95 bits per heavy atom. The van der Waals surface area contributed by atoms with Crippen molar-refractivity contribution < 1.29 is 4.39 Å². The molecule has 0 radical (unpaired) electrons. The van der Waals surface area contributed by atoms with Crippen LogP contribution in [0.2, 0.25) is 5.02 Å². The third-order valence-corrected chi connectivity index (χ3v) is 5.05. The van der Waals surface area contributed by atoms with Gasteiger partial charge in [-0.25, -0.2) is 4.39 Å². The minimum atomic E-state index is -0.211. The first kappa shape index (κ1) is 16.7. The van der Waals surface area contributed by atoms with E-state index in [1.165, 1.54) is 25.3 Å². The summed E-state index contributed by atoms with van der Waals surface area (Å²) in [7, 11) is 1.96. The number of likely N-dealkylation sites (N-methyl/N-ethyl adjacent to an activating group) is 1. The summed E-state index contributed by atoms with van der Waals surface area (Å²) in [4.78, 5) is 2.53. The van der Waals surface area contributed by atoms with Crippen LogP contribution >= 0.6 is 11.6 Å². The second-order valence-electron chi connectivity index (χ2n) is 6.48. The van der Waals surface area contributed by atoms with Gasteiger partial charge in [0.25, 0.3) is 0 Å². The van der Waals surface area contributed by atoms with Crippen molar-refractivity contribution in [3.63, 3.8) is 0 Å². The zero-order chi connectivity index (χ0) is 15.5. The lowest BCUT2D eigenvalue weighted by Crippen LogP contribution is -2.59. The highest BCUT2D eigenvalue weighted by molar-refractivity contribution is 6.30. The highest BCUT2D eigenvalue weighted by atomic mass is 35.5. The van der Waals surface area contributed by atoms with Gasteiger partial charge >= 0.3 is 0 Å². The second kappa shape index (κ2) is 7.08. The van der Waals surface area contributed by atoms with E-state index in [1.807, 2.05) is 7.05 Å². The van der Waals surface area contributed by atoms with Crippen LogP contribution in [0.25, 0.3) is 0 Å². The minimum absolute atomic E-state index is 0.00124. The summed E-state index contributed by atoms with van der Waals surface area (Å²) in [5.74, 6) is -0.211. The van der Waals surface area contributed by atoms with Gasteiger partial charge in [0.15, 0.2) is 0 Å². The van der Waals surface area contributed by atoms with Gasteiger partial charge in [-0.05, 0) is 70.9 Å². The first-order valence-corrected chi connectivity index (χ1v) is 8.19. The van der Waals surface area contributed by atoms with Gasteiger partial charge in [-0.2, -0.15) is 0 Å². The number of likely N-dealkylation sites (tertiary alicyclic amines) is 1. The third kappa shape index (κ3) is 3.97. The maximum atomic E-state index is 14.1. The molecule has 1 aromatic rings. The van der Waals surface area contributed by atoms with Crippen molar-refractivity contribution in [1.29, 1.82) is 0 Å². The van der Waals surface area contributed by atoms with Crippen molar-refractivity contribution in [3.05, 3.63) is 34.6 Å². The molecule has 1 saturated heterocycles. The van der Waals surface area contributed by atoms with Crippen LogP contribution < -0.4 is 5.32 Å². The number of nitrogens with zero attached hydrogens (tertiary/aromatic N) is 1. The largest absolute Gasteiger partial charge is 0.315 e. The van der Waals surface area contributed by atoms with Gasteiger partial charge in [0.05, 0.1) is 0 Å². The molecule has 0 aromatic heterocycles. The van der Waals surface area contributed by atoms with Gasteiger partial charge < -0.3 is 5.32 Å². The van der Waals surface area contributed by atoms with Gasteiger partial charge in [-0.3, -0.25) is 4.90 Å². The molecule has 1 aromatic carbocycles. The summed E-state index contributed by atoms with van der Waals surface area (Å²) in [5, 5.41) is 3.84. The predicted octanol–water partition coefficient (Wildman–Crippen LogP) is 3.87. The molecule has 1 heterocycles. The van der Waals surface area contributed by atoms with E-state index in [2.05, 4.69) is 24.1 Å². The summed E-state index contributed by atoms with van der Waals surface area (Å²) in [6.45, 7) is 6.78. The molecule has 4 heteroatoms. The van der Waals surface area contributed by atoms with E-state index in [0.29, 0.717) is 11.4 Å². The van der Waals surface area contributed by atoms with Crippen LogP contribution in [0.15, 0.2) is 18.2 Å². The predicted molar refractivity (Wildman–Crippen MR) is 87.5 cm³/mol. The average molecular weight is 313 g/mol. The molecule has 0 spiro atoms. The fourth-order valence-corrected chi connectivity index (χ4v) is 3.46. The Kier molecular flexibility index (Phi) is 5.64. The highest BCUT2D eigenvalue weighted by Gasteiger charge is 2.35. The quantitative estimate of drug-likeness (QED) is 0.888. The van der Waals surface area contributed by atoms with Crippen molar-refractivity contribution in [2.24, 2.45) is 0 Å². The molecular formula is C17H26ClFN2. The smallest absolute Gasteiger partial charge is 0.127 e. The number of benzene rings is 1. The van der Waals surface area contributed by atoms with Gasteiger partial charge in [0.1, 0.15) is 5.82 Å². The van der Waals surface area contributed by atoms with Crippen LogP contribution in [0.4, 0.5) is 4.39 Å².